The normalized spacial score (nSPS) is 21.5. The maximum absolute atomic E-state index is 11.7. The molecule has 1 aliphatic rings. The maximum Gasteiger partial charge on any atom is 0.308 e. The van der Waals surface area contributed by atoms with Crippen molar-refractivity contribution in [3.05, 3.63) is 0 Å². The van der Waals surface area contributed by atoms with Crippen LogP contribution in [0.5, 0.6) is 0 Å². The molecule has 17 heavy (non-hydrogen) atoms. The van der Waals surface area contributed by atoms with E-state index in [2.05, 4.69) is 10.6 Å². The van der Waals surface area contributed by atoms with E-state index in [0.717, 1.165) is 19.4 Å². The fraction of sp³-hybridized carbons (Fsp3) is 0.833. The molecule has 0 aromatic carbocycles. The maximum atomic E-state index is 11.7. The average molecular weight is 242 g/mol. The number of carbonyl (C=O) groups excluding carboxylic acids is 1. The molecule has 98 valence electrons. The molecule has 1 aliphatic heterocycles. The van der Waals surface area contributed by atoms with Gasteiger partial charge in [0.2, 0.25) is 5.91 Å². The van der Waals surface area contributed by atoms with Gasteiger partial charge in [-0.1, -0.05) is 13.8 Å². The summed E-state index contributed by atoms with van der Waals surface area (Å²) in [6, 6.07) is -0.136. The van der Waals surface area contributed by atoms with Crippen LogP contribution >= 0.6 is 0 Å². The summed E-state index contributed by atoms with van der Waals surface area (Å²) in [5.41, 5.74) is 0. The molecule has 5 heteroatoms. The van der Waals surface area contributed by atoms with E-state index < -0.39 is 11.9 Å². The minimum absolute atomic E-state index is 0.0718. The van der Waals surface area contributed by atoms with Gasteiger partial charge in [-0.15, -0.1) is 0 Å². The highest BCUT2D eigenvalue weighted by Crippen LogP contribution is 2.11. The molecule has 1 rings (SSSR count). The summed E-state index contributed by atoms with van der Waals surface area (Å²) in [7, 11) is 0. The van der Waals surface area contributed by atoms with Crippen molar-refractivity contribution < 1.29 is 14.7 Å². The molecule has 2 atom stereocenters. The van der Waals surface area contributed by atoms with Crippen molar-refractivity contribution in [1.82, 2.24) is 10.6 Å². The molecule has 1 saturated heterocycles. The summed E-state index contributed by atoms with van der Waals surface area (Å²) in [6.45, 7) is 5.06. The van der Waals surface area contributed by atoms with Crippen LogP contribution in [-0.2, 0) is 9.59 Å². The second-order valence-electron chi connectivity index (χ2n) is 5.06. The van der Waals surface area contributed by atoms with Crippen molar-refractivity contribution in [2.45, 2.75) is 39.2 Å². The average Bonchev–Trinajstić information content (AvgIpc) is 2.76. The number of hydrogen-bond acceptors (Lipinski definition) is 3. The zero-order valence-electron chi connectivity index (χ0n) is 10.5. The largest absolute Gasteiger partial charge is 0.481 e. The third kappa shape index (κ3) is 4.73. The number of carbonyl (C=O) groups is 2. The first-order valence-electron chi connectivity index (χ1n) is 6.24. The molecule has 1 amide bonds. The van der Waals surface area contributed by atoms with Crippen LogP contribution in [0.1, 0.15) is 33.1 Å². The van der Waals surface area contributed by atoms with Crippen LogP contribution in [-0.4, -0.2) is 36.1 Å². The third-order valence-corrected chi connectivity index (χ3v) is 3.00. The Kier molecular flexibility index (Phi) is 5.41. The van der Waals surface area contributed by atoms with Gasteiger partial charge in [0.15, 0.2) is 0 Å². The lowest BCUT2D eigenvalue weighted by Crippen LogP contribution is -2.43. The van der Waals surface area contributed by atoms with E-state index >= 15 is 0 Å². The van der Waals surface area contributed by atoms with Gasteiger partial charge in [-0.25, -0.2) is 0 Å². The van der Waals surface area contributed by atoms with Crippen LogP contribution < -0.4 is 10.6 Å². The first-order chi connectivity index (χ1) is 8.00. The standard InChI is InChI=1S/C12H22N2O3/c1-8(2)6-9(12(16)17)7-14-11(15)10-4-3-5-13-10/h8-10,13H,3-7H2,1-2H3,(H,14,15)(H,16,17)/t9?,10-/m1/s1. The molecule has 1 unspecified atom stereocenters. The Morgan fingerprint density at radius 3 is 2.65 bits per heavy atom. The fourth-order valence-corrected chi connectivity index (χ4v) is 2.10. The van der Waals surface area contributed by atoms with E-state index in [-0.39, 0.29) is 18.5 Å². The molecule has 1 heterocycles. The first-order valence-corrected chi connectivity index (χ1v) is 6.24. The molecule has 0 aromatic heterocycles. The molecule has 0 spiro atoms. The number of amides is 1. The zero-order chi connectivity index (χ0) is 12.8. The SMILES string of the molecule is CC(C)CC(CNC(=O)[C@H]1CCCN1)C(=O)O. The zero-order valence-corrected chi connectivity index (χ0v) is 10.5. The van der Waals surface area contributed by atoms with Gasteiger partial charge in [-0.2, -0.15) is 0 Å². The van der Waals surface area contributed by atoms with E-state index in [1.165, 1.54) is 0 Å². The minimum atomic E-state index is -0.835. The van der Waals surface area contributed by atoms with Gasteiger partial charge < -0.3 is 15.7 Å². The van der Waals surface area contributed by atoms with Crippen LogP contribution in [0, 0.1) is 11.8 Å². The van der Waals surface area contributed by atoms with Crippen molar-refractivity contribution in [2.24, 2.45) is 11.8 Å². The first kappa shape index (κ1) is 14.0. The van der Waals surface area contributed by atoms with E-state index in [1.807, 2.05) is 13.8 Å². The van der Waals surface area contributed by atoms with Crippen LogP contribution in [0.2, 0.25) is 0 Å². The second kappa shape index (κ2) is 6.59. The number of aliphatic carboxylic acids is 1. The molecule has 0 saturated carbocycles. The van der Waals surface area contributed by atoms with Crippen LogP contribution in [0.15, 0.2) is 0 Å². The highest BCUT2D eigenvalue weighted by atomic mass is 16.4. The van der Waals surface area contributed by atoms with Gasteiger partial charge in [0.05, 0.1) is 12.0 Å². The number of nitrogens with one attached hydrogen (secondary N) is 2. The van der Waals surface area contributed by atoms with Crippen molar-refractivity contribution in [2.75, 3.05) is 13.1 Å². The van der Waals surface area contributed by atoms with E-state index in [0.29, 0.717) is 12.3 Å². The summed E-state index contributed by atoms with van der Waals surface area (Å²) < 4.78 is 0. The lowest BCUT2D eigenvalue weighted by atomic mass is 9.97. The smallest absolute Gasteiger partial charge is 0.308 e. The van der Waals surface area contributed by atoms with Gasteiger partial charge in [-0.3, -0.25) is 9.59 Å². The quantitative estimate of drug-likeness (QED) is 0.637. The van der Waals surface area contributed by atoms with Crippen molar-refractivity contribution in [1.29, 1.82) is 0 Å². The number of hydrogen-bond donors (Lipinski definition) is 3. The molecular weight excluding hydrogens is 220 g/mol. The van der Waals surface area contributed by atoms with Crippen LogP contribution in [0.4, 0.5) is 0 Å². The fourth-order valence-electron chi connectivity index (χ4n) is 2.10. The summed E-state index contributed by atoms with van der Waals surface area (Å²) in [5.74, 6) is -1.08. The van der Waals surface area contributed by atoms with Crippen molar-refractivity contribution >= 4 is 11.9 Å². The second-order valence-corrected chi connectivity index (χ2v) is 5.06. The van der Waals surface area contributed by atoms with Crippen LogP contribution in [0.25, 0.3) is 0 Å². The van der Waals surface area contributed by atoms with Gasteiger partial charge >= 0.3 is 5.97 Å². The molecule has 5 nitrogen and oxygen atoms in total. The molecule has 0 radical (unpaired) electrons. The van der Waals surface area contributed by atoms with Crippen molar-refractivity contribution in [3.8, 4) is 0 Å². The summed E-state index contributed by atoms with van der Waals surface area (Å²) in [4.78, 5) is 22.7. The molecule has 0 aromatic rings. The number of rotatable bonds is 6. The minimum Gasteiger partial charge on any atom is -0.481 e. The Bertz CT molecular complexity index is 273. The van der Waals surface area contributed by atoms with E-state index in [1.54, 1.807) is 0 Å². The van der Waals surface area contributed by atoms with Crippen molar-refractivity contribution in [3.63, 3.8) is 0 Å². The highest BCUT2D eigenvalue weighted by molar-refractivity contribution is 5.82. The lowest BCUT2D eigenvalue weighted by Gasteiger charge is -2.17. The number of carboxylic acids is 1. The monoisotopic (exact) mass is 242 g/mol. The summed E-state index contributed by atoms with van der Waals surface area (Å²) >= 11 is 0. The highest BCUT2D eigenvalue weighted by Gasteiger charge is 2.24. The Morgan fingerprint density at radius 1 is 1.47 bits per heavy atom. The molecule has 0 bridgehead atoms. The topological polar surface area (TPSA) is 78.4 Å². The number of carboxylic acid groups (broad SMARTS) is 1. The van der Waals surface area contributed by atoms with Gasteiger partial charge in [-0.05, 0) is 31.7 Å². The Labute approximate surface area is 102 Å². The predicted molar refractivity (Wildman–Crippen MR) is 64.6 cm³/mol. The predicted octanol–water partition coefficient (Wildman–Crippen LogP) is 0.602. The van der Waals surface area contributed by atoms with E-state index in [4.69, 9.17) is 5.11 Å². The molecular formula is C12H22N2O3. The third-order valence-electron chi connectivity index (χ3n) is 3.00. The Balaban J connectivity index is 2.35. The molecule has 3 N–H and O–H groups in total. The van der Waals surface area contributed by atoms with E-state index in [9.17, 15) is 9.59 Å². The molecule has 1 fully saturated rings. The Morgan fingerprint density at radius 2 is 2.18 bits per heavy atom. The van der Waals surface area contributed by atoms with Crippen LogP contribution in [0.3, 0.4) is 0 Å². The lowest BCUT2D eigenvalue weighted by molar-refractivity contribution is -0.142. The van der Waals surface area contributed by atoms with Gasteiger partial charge in [0.1, 0.15) is 0 Å². The Hall–Kier alpha value is -1.10. The summed E-state index contributed by atoms with van der Waals surface area (Å²) in [6.07, 6.45) is 2.44. The summed E-state index contributed by atoms with van der Waals surface area (Å²) in [5, 5.41) is 14.9. The van der Waals surface area contributed by atoms with Gasteiger partial charge in [0, 0.05) is 6.54 Å². The molecule has 0 aliphatic carbocycles. The van der Waals surface area contributed by atoms with Gasteiger partial charge in [0.25, 0.3) is 0 Å².